The molecule has 1 aromatic heterocycles. The normalized spacial score (nSPS) is 12.5. The number of benzene rings is 1. The van der Waals surface area contributed by atoms with E-state index in [1.165, 1.54) is 10.9 Å². The summed E-state index contributed by atoms with van der Waals surface area (Å²) in [5.74, 6) is -0.284. The van der Waals surface area contributed by atoms with Gasteiger partial charge in [-0.3, -0.25) is 0 Å². The molecule has 0 aliphatic rings. The van der Waals surface area contributed by atoms with E-state index in [1.807, 2.05) is 12.1 Å². The summed E-state index contributed by atoms with van der Waals surface area (Å²) < 4.78 is 19.8. The van der Waals surface area contributed by atoms with Crippen LogP contribution in [0.2, 0.25) is 0 Å². The predicted molar refractivity (Wildman–Crippen MR) is 85.8 cm³/mol. The predicted octanol–water partition coefficient (Wildman–Crippen LogP) is 3.32. The second-order valence-corrected chi connectivity index (χ2v) is 7.14. The number of thiophene rings is 1. The zero-order valence-corrected chi connectivity index (χ0v) is 13.8. The lowest BCUT2D eigenvalue weighted by Crippen LogP contribution is -2.29. The fraction of sp³-hybridized carbons (Fsp3) is 0.333. The molecule has 21 heavy (non-hydrogen) atoms. The second kappa shape index (κ2) is 8.60. The zero-order valence-electron chi connectivity index (χ0n) is 11.4. The van der Waals surface area contributed by atoms with E-state index in [9.17, 15) is 9.50 Å². The summed E-state index contributed by atoms with van der Waals surface area (Å²) in [4.78, 5) is 1.20. The molecule has 0 bridgehead atoms. The van der Waals surface area contributed by atoms with Gasteiger partial charge in [0.25, 0.3) is 0 Å². The van der Waals surface area contributed by atoms with E-state index in [1.54, 1.807) is 29.5 Å². The molecule has 1 aromatic carbocycles. The molecule has 3 nitrogen and oxygen atoms in total. The van der Waals surface area contributed by atoms with Crippen molar-refractivity contribution in [3.05, 3.63) is 56.4 Å². The Labute approximate surface area is 135 Å². The summed E-state index contributed by atoms with van der Waals surface area (Å²) in [5.41, 5.74) is 0.501. The molecule has 0 aliphatic carbocycles. The van der Waals surface area contributed by atoms with Crippen molar-refractivity contribution in [3.63, 3.8) is 0 Å². The molecule has 0 saturated heterocycles. The van der Waals surface area contributed by atoms with Crippen LogP contribution in [0, 0.1) is 5.82 Å². The minimum atomic E-state index is -0.611. The van der Waals surface area contributed by atoms with Crippen LogP contribution in [0.15, 0.2) is 40.2 Å². The summed E-state index contributed by atoms with van der Waals surface area (Å²) in [5, 5.41) is 13.0. The molecule has 0 radical (unpaired) electrons. The molecular weight excluding hydrogens is 357 g/mol. The fourth-order valence-electron chi connectivity index (χ4n) is 1.79. The maximum Gasteiger partial charge on any atom is 0.128 e. The van der Waals surface area contributed by atoms with E-state index in [0.29, 0.717) is 18.7 Å². The Hall–Kier alpha value is -0.790. The van der Waals surface area contributed by atoms with Crippen molar-refractivity contribution in [3.8, 4) is 0 Å². The molecule has 0 spiro atoms. The Bertz CT molecular complexity index is 564. The van der Waals surface area contributed by atoms with Gasteiger partial charge in [0.05, 0.1) is 23.1 Å². The maximum absolute atomic E-state index is 13.3. The van der Waals surface area contributed by atoms with Crippen LogP contribution in [0.1, 0.15) is 10.4 Å². The van der Waals surface area contributed by atoms with Crippen LogP contribution in [-0.4, -0.2) is 24.4 Å². The van der Waals surface area contributed by atoms with Crippen molar-refractivity contribution in [1.82, 2.24) is 5.32 Å². The van der Waals surface area contributed by atoms with Crippen molar-refractivity contribution in [2.75, 3.05) is 13.2 Å². The van der Waals surface area contributed by atoms with Gasteiger partial charge in [0, 0.05) is 23.5 Å². The first-order chi connectivity index (χ1) is 10.1. The Morgan fingerprint density at radius 2 is 2.10 bits per heavy atom. The van der Waals surface area contributed by atoms with Crippen LogP contribution in [0.25, 0.3) is 0 Å². The third-order valence-electron chi connectivity index (χ3n) is 2.83. The highest BCUT2D eigenvalue weighted by Gasteiger charge is 2.06. The summed E-state index contributed by atoms with van der Waals surface area (Å²) >= 11 is 5.06. The van der Waals surface area contributed by atoms with Crippen molar-refractivity contribution in [2.24, 2.45) is 0 Å². The van der Waals surface area contributed by atoms with E-state index in [0.717, 1.165) is 3.79 Å². The lowest BCUT2D eigenvalue weighted by Gasteiger charge is -2.12. The molecule has 2 N–H and O–H groups in total. The van der Waals surface area contributed by atoms with Gasteiger partial charge >= 0.3 is 0 Å². The minimum Gasteiger partial charge on any atom is -0.389 e. The van der Waals surface area contributed by atoms with E-state index in [4.69, 9.17) is 4.74 Å². The topological polar surface area (TPSA) is 41.5 Å². The number of ether oxygens (including phenoxy) is 1. The first kappa shape index (κ1) is 16.6. The number of nitrogens with one attached hydrogen (secondary N) is 1. The van der Waals surface area contributed by atoms with Crippen LogP contribution >= 0.6 is 27.3 Å². The van der Waals surface area contributed by atoms with Crippen LogP contribution in [0.5, 0.6) is 0 Å². The Kier molecular flexibility index (Phi) is 6.79. The summed E-state index contributed by atoms with van der Waals surface area (Å²) in [6, 6.07) is 10.5. The van der Waals surface area contributed by atoms with Crippen molar-refractivity contribution in [2.45, 2.75) is 19.3 Å². The number of halogens is 2. The molecule has 1 atom stereocenters. The monoisotopic (exact) mass is 373 g/mol. The number of hydrogen-bond donors (Lipinski definition) is 2. The zero-order chi connectivity index (χ0) is 15.1. The highest BCUT2D eigenvalue weighted by molar-refractivity contribution is 9.11. The molecule has 0 amide bonds. The molecule has 114 valence electrons. The van der Waals surface area contributed by atoms with Gasteiger partial charge in [0.2, 0.25) is 0 Å². The standard InChI is InChI=1S/C15H17BrFNO2S/c16-15-6-5-13(21-15)8-18-7-12(19)10-20-9-11-3-1-2-4-14(11)17/h1-6,12,18-19H,7-10H2. The average molecular weight is 374 g/mol. The number of aliphatic hydroxyl groups is 1. The van der Waals surface area contributed by atoms with E-state index >= 15 is 0 Å². The number of rotatable bonds is 8. The highest BCUT2D eigenvalue weighted by Crippen LogP contribution is 2.21. The largest absolute Gasteiger partial charge is 0.389 e. The average Bonchev–Trinajstić information content (AvgIpc) is 2.87. The van der Waals surface area contributed by atoms with Gasteiger partial charge in [-0.2, -0.15) is 0 Å². The van der Waals surface area contributed by atoms with Crippen molar-refractivity contribution in [1.29, 1.82) is 0 Å². The van der Waals surface area contributed by atoms with Crippen molar-refractivity contribution >= 4 is 27.3 Å². The van der Waals surface area contributed by atoms with Gasteiger partial charge in [-0.05, 0) is 34.1 Å². The van der Waals surface area contributed by atoms with Crippen LogP contribution in [0.3, 0.4) is 0 Å². The summed E-state index contributed by atoms with van der Waals surface area (Å²) in [7, 11) is 0. The molecule has 2 rings (SSSR count). The van der Waals surface area contributed by atoms with E-state index < -0.39 is 6.10 Å². The van der Waals surface area contributed by atoms with E-state index in [-0.39, 0.29) is 19.0 Å². The Morgan fingerprint density at radius 1 is 1.29 bits per heavy atom. The summed E-state index contributed by atoms with van der Waals surface area (Å²) in [6.07, 6.45) is -0.611. The highest BCUT2D eigenvalue weighted by atomic mass is 79.9. The lowest BCUT2D eigenvalue weighted by atomic mass is 10.2. The Morgan fingerprint density at radius 3 is 2.81 bits per heavy atom. The van der Waals surface area contributed by atoms with Gasteiger partial charge < -0.3 is 15.2 Å². The Balaban J connectivity index is 1.61. The molecular formula is C15H17BrFNO2S. The number of hydrogen-bond acceptors (Lipinski definition) is 4. The van der Waals surface area contributed by atoms with Crippen LogP contribution in [0.4, 0.5) is 4.39 Å². The molecule has 1 heterocycles. The van der Waals surface area contributed by atoms with Gasteiger partial charge in [-0.25, -0.2) is 4.39 Å². The molecule has 1 unspecified atom stereocenters. The smallest absolute Gasteiger partial charge is 0.128 e. The van der Waals surface area contributed by atoms with Gasteiger partial charge in [0.1, 0.15) is 5.82 Å². The van der Waals surface area contributed by atoms with Crippen molar-refractivity contribution < 1.29 is 14.2 Å². The molecule has 0 aliphatic heterocycles. The van der Waals surface area contributed by atoms with Crippen LogP contribution < -0.4 is 5.32 Å². The molecule has 6 heteroatoms. The molecule has 0 fully saturated rings. The van der Waals surface area contributed by atoms with E-state index in [2.05, 4.69) is 21.2 Å². The summed E-state index contributed by atoms with van der Waals surface area (Å²) in [6.45, 7) is 1.49. The van der Waals surface area contributed by atoms with Gasteiger partial charge in [-0.15, -0.1) is 11.3 Å². The lowest BCUT2D eigenvalue weighted by molar-refractivity contribution is 0.0278. The van der Waals surface area contributed by atoms with Crippen LogP contribution in [-0.2, 0) is 17.9 Å². The number of aliphatic hydroxyl groups excluding tert-OH is 1. The maximum atomic E-state index is 13.3. The SMILES string of the molecule is OC(CNCc1ccc(Br)s1)COCc1ccccc1F. The minimum absolute atomic E-state index is 0.168. The third kappa shape index (κ3) is 5.84. The first-order valence-corrected chi connectivity index (χ1v) is 8.20. The first-order valence-electron chi connectivity index (χ1n) is 6.59. The molecule has 0 saturated carbocycles. The quantitative estimate of drug-likeness (QED) is 0.745. The molecule has 2 aromatic rings. The second-order valence-electron chi connectivity index (χ2n) is 4.60. The van der Waals surface area contributed by atoms with Gasteiger partial charge in [0.15, 0.2) is 0 Å². The van der Waals surface area contributed by atoms with Gasteiger partial charge in [-0.1, -0.05) is 18.2 Å². The third-order valence-corrected chi connectivity index (χ3v) is 4.46. The fourth-order valence-corrected chi connectivity index (χ4v) is 3.24.